The average Bonchev–Trinajstić information content (AvgIpc) is 2.79. The van der Waals surface area contributed by atoms with Crippen LogP contribution in [0.3, 0.4) is 0 Å². The van der Waals surface area contributed by atoms with Gasteiger partial charge in [-0.2, -0.15) is 0 Å². The molecule has 2 rings (SSSR count). The van der Waals surface area contributed by atoms with Gasteiger partial charge in [-0.1, -0.05) is 18.2 Å². The number of aliphatic hydroxyl groups excluding tert-OH is 1. The van der Waals surface area contributed by atoms with E-state index >= 15 is 0 Å². The Labute approximate surface area is 115 Å². The molecule has 18 heavy (non-hydrogen) atoms. The second-order valence-corrected chi connectivity index (χ2v) is 4.83. The highest BCUT2D eigenvalue weighted by Gasteiger charge is 2.11. The van der Waals surface area contributed by atoms with Crippen LogP contribution in [0.1, 0.15) is 11.0 Å². The van der Waals surface area contributed by atoms with E-state index < -0.39 is 6.10 Å². The summed E-state index contributed by atoms with van der Waals surface area (Å²) in [6.45, 7) is 0.141. The lowest BCUT2D eigenvalue weighted by atomic mass is 10.2. The number of thiophene rings is 1. The van der Waals surface area contributed by atoms with Crippen LogP contribution in [-0.4, -0.2) is 24.1 Å². The van der Waals surface area contributed by atoms with Crippen molar-refractivity contribution in [2.45, 2.75) is 6.10 Å². The van der Waals surface area contributed by atoms with Gasteiger partial charge in [0.1, 0.15) is 6.10 Å². The van der Waals surface area contributed by atoms with Crippen LogP contribution in [0.25, 0.3) is 10.1 Å². The number of fused-ring (bicyclic) bond motifs is 1. The zero-order valence-electron chi connectivity index (χ0n) is 9.63. The fraction of sp³-hybridized carbons (Fsp3) is 0.250. The number of halogens is 1. The Morgan fingerprint density at radius 3 is 2.83 bits per heavy atom. The molecular formula is C12H15ClN2O2S. The highest BCUT2D eigenvalue weighted by atomic mass is 35.5. The molecule has 0 saturated heterocycles. The summed E-state index contributed by atoms with van der Waals surface area (Å²) < 4.78 is 1.13. The molecule has 0 aliphatic heterocycles. The van der Waals surface area contributed by atoms with Gasteiger partial charge in [0.2, 0.25) is 5.91 Å². The molecule has 1 heterocycles. The Bertz CT molecular complexity index is 497. The minimum Gasteiger partial charge on any atom is -0.386 e. The maximum Gasteiger partial charge on any atom is 0.233 e. The van der Waals surface area contributed by atoms with E-state index in [4.69, 9.17) is 5.73 Å². The predicted octanol–water partition coefficient (Wildman–Crippen LogP) is 1.43. The van der Waals surface area contributed by atoms with Crippen LogP contribution in [-0.2, 0) is 4.79 Å². The Hall–Kier alpha value is -1.14. The second kappa shape index (κ2) is 6.70. The quantitative estimate of drug-likeness (QED) is 0.796. The van der Waals surface area contributed by atoms with Gasteiger partial charge < -0.3 is 16.2 Å². The maximum absolute atomic E-state index is 11.0. The Morgan fingerprint density at radius 1 is 1.44 bits per heavy atom. The highest BCUT2D eigenvalue weighted by Crippen LogP contribution is 2.29. The molecule has 0 bridgehead atoms. The summed E-state index contributed by atoms with van der Waals surface area (Å²) in [5.41, 5.74) is 5.17. The number of carbonyl (C=O) groups is 1. The largest absolute Gasteiger partial charge is 0.386 e. The van der Waals surface area contributed by atoms with E-state index in [0.717, 1.165) is 15.0 Å². The van der Waals surface area contributed by atoms with Crippen molar-refractivity contribution < 1.29 is 9.90 Å². The van der Waals surface area contributed by atoms with Crippen LogP contribution in [0, 0.1) is 0 Å². The number of nitrogens with two attached hydrogens (primary N) is 1. The lowest BCUT2D eigenvalue weighted by Crippen LogP contribution is -2.33. The zero-order chi connectivity index (χ0) is 12.3. The molecule has 0 aliphatic rings. The fourth-order valence-corrected chi connectivity index (χ4v) is 2.60. The van der Waals surface area contributed by atoms with Crippen molar-refractivity contribution in [1.82, 2.24) is 5.32 Å². The minimum absolute atomic E-state index is 0. The molecule has 0 spiro atoms. The molecule has 1 unspecified atom stereocenters. The maximum atomic E-state index is 11.0. The number of amides is 1. The third-order valence-corrected chi connectivity index (χ3v) is 3.67. The number of aliphatic hydroxyl groups is 1. The summed E-state index contributed by atoms with van der Waals surface area (Å²) >= 11 is 1.53. The first-order valence-corrected chi connectivity index (χ1v) is 6.15. The molecule has 1 atom stereocenters. The summed E-state index contributed by atoms with van der Waals surface area (Å²) in [6, 6.07) is 9.88. The standard InChI is InChI=1S/C12H14N2O2S.ClH/c13-6-12(16)14-7-9(15)11-5-8-3-1-2-4-10(8)17-11;/h1-5,9,15H,6-7,13H2,(H,14,16);1H. The van der Waals surface area contributed by atoms with Gasteiger partial charge in [-0.25, -0.2) is 0 Å². The summed E-state index contributed by atoms with van der Waals surface area (Å²) in [7, 11) is 0. The molecule has 1 aromatic carbocycles. The van der Waals surface area contributed by atoms with Gasteiger partial charge in [-0.05, 0) is 17.5 Å². The summed E-state index contributed by atoms with van der Waals surface area (Å²) in [6.07, 6.45) is -0.678. The van der Waals surface area contributed by atoms with Crippen molar-refractivity contribution in [3.63, 3.8) is 0 Å². The van der Waals surface area contributed by atoms with Gasteiger partial charge in [0.25, 0.3) is 0 Å². The first-order chi connectivity index (χ1) is 8.20. The van der Waals surface area contributed by atoms with Crippen molar-refractivity contribution >= 4 is 39.7 Å². The lowest BCUT2D eigenvalue weighted by molar-refractivity contribution is -0.120. The summed E-state index contributed by atoms with van der Waals surface area (Å²) in [4.78, 5) is 11.8. The van der Waals surface area contributed by atoms with Crippen LogP contribution in [0.5, 0.6) is 0 Å². The van der Waals surface area contributed by atoms with Gasteiger partial charge in [0.15, 0.2) is 0 Å². The van der Waals surface area contributed by atoms with E-state index in [2.05, 4.69) is 5.32 Å². The van der Waals surface area contributed by atoms with E-state index in [-0.39, 0.29) is 31.4 Å². The minimum atomic E-state index is -0.678. The number of carbonyl (C=O) groups excluding carboxylic acids is 1. The number of hydrogen-bond acceptors (Lipinski definition) is 4. The average molecular weight is 287 g/mol. The highest BCUT2D eigenvalue weighted by molar-refractivity contribution is 7.19. The second-order valence-electron chi connectivity index (χ2n) is 3.71. The number of hydrogen-bond donors (Lipinski definition) is 3. The topological polar surface area (TPSA) is 75.4 Å². The van der Waals surface area contributed by atoms with E-state index in [1.54, 1.807) is 0 Å². The molecule has 98 valence electrons. The van der Waals surface area contributed by atoms with Crippen LogP contribution >= 0.6 is 23.7 Å². The van der Waals surface area contributed by atoms with E-state index in [1.807, 2.05) is 30.3 Å². The van der Waals surface area contributed by atoms with Gasteiger partial charge in [0.05, 0.1) is 6.54 Å². The predicted molar refractivity (Wildman–Crippen MR) is 76.1 cm³/mol. The normalized spacial score (nSPS) is 11.9. The van der Waals surface area contributed by atoms with Crippen molar-refractivity contribution in [3.8, 4) is 0 Å². The molecule has 0 fully saturated rings. The van der Waals surface area contributed by atoms with Gasteiger partial charge in [-0.15, -0.1) is 23.7 Å². The SMILES string of the molecule is Cl.NCC(=O)NCC(O)c1cc2ccccc2s1. The number of benzene rings is 1. The van der Waals surface area contributed by atoms with Crippen LogP contribution in [0.2, 0.25) is 0 Å². The summed E-state index contributed by atoms with van der Waals surface area (Å²) in [5, 5.41) is 13.6. The molecular weight excluding hydrogens is 272 g/mol. The molecule has 1 aromatic heterocycles. The molecule has 4 N–H and O–H groups in total. The molecule has 0 radical (unpaired) electrons. The monoisotopic (exact) mass is 286 g/mol. The van der Waals surface area contributed by atoms with Gasteiger partial charge >= 0.3 is 0 Å². The Balaban J connectivity index is 0.00000162. The van der Waals surface area contributed by atoms with Crippen LogP contribution < -0.4 is 11.1 Å². The van der Waals surface area contributed by atoms with Crippen LogP contribution in [0.15, 0.2) is 30.3 Å². The third kappa shape index (κ3) is 3.43. The van der Waals surface area contributed by atoms with Gasteiger partial charge in [0, 0.05) is 16.1 Å². The van der Waals surface area contributed by atoms with Crippen molar-refractivity contribution in [2.75, 3.05) is 13.1 Å². The smallest absolute Gasteiger partial charge is 0.233 e. The summed E-state index contributed by atoms with van der Waals surface area (Å²) in [5.74, 6) is -0.259. The van der Waals surface area contributed by atoms with Gasteiger partial charge in [-0.3, -0.25) is 4.79 Å². The molecule has 0 saturated carbocycles. The first-order valence-electron chi connectivity index (χ1n) is 5.34. The Kier molecular flexibility index (Phi) is 5.55. The molecule has 4 nitrogen and oxygen atoms in total. The molecule has 6 heteroatoms. The first kappa shape index (κ1) is 14.9. The van der Waals surface area contributed by atoms with Crippen molar-refractivity contribution in [1.29, 1.82) is 0 Å². The van der Waals surface area contributed by atoms with Crippen molar-refractivity contribution in [3.05, 3.63) is 35.2 Å². The van der Waals surface area contributed by atoms with E-state index in [9.17, 15) is 9.90 Å². The zero-order valence-corrected chi connectivity index (χ0v) is 11.3. The van der Waals surface area contributed by atoms with Crippen molar-refractivity contribution in [2.24, 2.45) is 5.73 Å². The Morgan fingerprint density at radius 2 is 2.17 bits per heavy atom. The molecule has 2 aromatic rings. The molecule has 0 aliphatic carbocycles. The fourth-order valence-electron chi connectivity index (χ4n) is 1.55. The third-order valence-electron chi connectivity index (χ3n) is 2.45. The van der Waals surface area contributed by atoms with E-state index in [0.29, 0.717) is 0 Å². The molecule has 1 amide bonds. The van der Waals surface area contributed by atoms with E-state index in [1.165, 1.54) is 11.3 Å². The van der Waals surface area contributed by atoms with Crippen LogP contribution in [0.4, 0.5) is 0 Å². The lowest BCUT2D eigenvalue weighted by Gasteiger charge is -2.08. The number of rotatable bonds is 4. The number of nitrogens with one attached hydrogen (secondary N) is 1.